The topological polar surface area (TPSA) is 82.1 Å². The first-order valence-corrected chi connectivity index (χ1v) is 4.69. The zero-order chi connectivity index (χ0) is 10.8. The third-order valence-corrected chi connectivity index (χ3v) is 2.42. The largest absolute Gasteiger partial charge is 0.423 e. The average molecular weight is 270 g/mol. The fourth-order valence-corrected chi connectivity index (χ4v) is 1.68. The number of benzene rings is 1. The zero-order valence-electron chi connectivity index (χ0n) is 7.25. The summed E-state index contributed by atoms with van der Waals surface area (Å²) in [4.78, 5) is 10.3. The third kappa shape index (κ3) is 1.73. The third-order valence-electron chi connectivity index (χ3n) is 1.76. The molecule has 0 bridgehead atoms. The number of hydrogen-bond donors (Lipinski definition) is 0. The first-order chi connectivity index (χ1) is 7.20. The standard InChI is InChI=1S/C8H4BrN3O3/c9-5-2-1-3-6(12(13)14)7(5)8-11-10-4-15-8/h1-4H. The van der Waals surface area contributed by atoms with Crippen molar-refractivity contribution in [3.63, 3.8) is 0 Å². The van der Waals surface area contributed by atoms with Crippen molar-refractivity contribution in [1.82, 2.24) is 10.2 Å². The van der Waals surface area contributed by atoms with Crippen molar-refractivity contribution in [3.05, 3.63) is 39.2 Å². The summed E-state index contributed by atoms with van der Waals surface area (Å²) in [7, 11) is 0. The van der Waals surface area contributed by atoms with E-state index in [1.807, 2.05) is 0 Å². The molecule has 0 radical (unpaired) electrons. The van der Waals surface area contributed by atoms with Crippen molar-refractivity contribution in [3.8, 4) is 11.5 Å². The van der Waals surface area contributed by atoms with Gasteiger partial charge in [0.05, 0.1) is 4.92 Å². The Bertz CT molecular complexity index is 498. The van der Waals surface area contributed by atoms with E-state index in [0.717, 1.165) is 6.39 Å². The molecule has 0 saturated carbocycles. The molecule has 7 heteroatoms. The molecule has 0 aliphatic carbocycles. The number of aromatic nitrogens is 2. The number of nitro groups is 1. The Morgan fingerprint density at radius 3 is 2.87 bits per heavy atom. The van der Waals surface area contributed by atoms with Gasteiger partial charge in [0.1, 0.15) is 5.56 Å². The number of rotatable bonds is 2. The second-order valence-corrected chi connectivity index (χ2v) is 3.49. The van der Waals surface area contributed by atoms with Crippen molar-refractivity contribution in [2.45, 2.75) is 0 Å². The SMILES string of the molecule is O=[N+]([O-])c1cccc(Br)c1-c1nnco1. The van der Waals surface area contributed by atoms with E-state index in [1.165, 1.54) is 6.07 Å². The summed E-state index contributed by atoms with van der Waals surface area (Å²) in [5, 5.41) is 17.9. The van der Waals surface area contributed by atoms with Crippen molar-refractivity contribution in [2.24, 2.45) is 0 Å². The quantitative estimate of drug-likeness (QED) is 0.618. The Morgan fingerprint density at radius 1 is 1.47 bits per heavy atom. The lowest BCUT2D eigenvalue weighted by molar-refractivity contribution is -0.384. The highest BCUT2D eigenvalue weighted by atomic mass is 79.9. The Hall–Kier alpha value is -1.76. The maximum atomic E-state index is 10.8. The van der Waals surface area contributed by atoms with Crippen LogP contribution in [0.4, 0.5) is 5.69 Å². The summed E-state index contributed by atoms with van der Waals surface area (Å²) in [6, 6.07) is 4.62. The summed E-state index contributed by atoms with van der Waals surface area (Å²) in [5.74, 6) is 0.120. The van der Waals surface area contributed by atoms with Gasteiger partial charge >= 0.3 is 0 Å². The molecule has 2 aromatic rings. The molecule has 15 heavy (non-hydrogen) atoms. The number of nitrogens with zero attached hydrogens (tertiary/aromatic N) is 3. The summed E-state index contributed by atoms with van der Waals surface area (Å²) in [6.45, 7) is 0. The molecule has 0 spiro atoms. The second-order valence-electron chi connectivity index (χ2n) is 2.63. The number of nitro benzene ring substituents is 1. The van der Waals surface area contributed by atoms with Crippen molar-refractivity contribution < 1.29 is 9.34 Å². The molecule has 0 amide bonds. The minimum Gasteiger partial charge on any atom is -0.423 e. The van der Waals surface area contributed by atoms with Gasteiger partial charge in [-0.15, -0.1) is 10.2 Å². The van der Waals surface area contributed by atoms with Crippen LogP contribution in [0.5, 0.6) is 0 Å². The monoisotopic (exact) mass is 269 g/mol. The van der Waals surface area contributed by atoms with E-state index in [4.69, 9.17) is 4.42 Å². The van der Waals surface area contributed by atoms with E-state index < -0.39 is 4.92 Å². The molecule has 0 saturated heterocycles. The van der Waals surface area contributed by atoms with Crippen LogP contribution in [0.25, 0.3) is 11.5 Å². The fourth-order valence-electron chi connectivity index (χ4n) is 1.16. The second kappa shape index (κ2) is 3.77. The van der Waals surface area contributed by atoms with E-state index in [0.29, 0.717) is 10.0 Å². The van der Waals surface area contributed by atoms with Crippen LogP contribution in [0.15, 0.2) is 33.5 Å². The van der Waals surface area contributed by atoms with E-state index in [9.17, 15) is 10.1 Å². The molecule has 1 aromatic heterocycles. The first-order valence-electron chi connectivity index (χ1n) is 3.89. The van der Waals surface area contributed by atoms with Gasteiger partial charge in [0.15, 0.2) is 0 Å². The van der Waals surface area contributed by atoms with Crippen LogP contribution in [-0.2, 0) is 0 Å². The Morgan fingerprint density at radius 2 is 2.27 bits per heavy atom. The maximum Gasteiger partial charge on any atom is 0.283 e. The summed E-state index contributed by atoms with van der Waals surface area (Å²) in [6.07, 6.45) is 1.12. The first kappa shape index (κ1) is 9.78. The fraction of sp³-hybridized carbons (Fsp3) is 0. The van der Waals surface area contributed by atoms with Crippen LogP contribution in [0.3, 0.4) is 0 Å². The van der Waals surface area contributed by atoms with Gasteiger partial charge in [0.25, 0.3) is 11.6 Å². The van der Waals surface area contributed by atoms with Crippen molar-refractivity contribution >= 4 is 21.6 Å². The van der Waals surface area contributed by atoms with Crippen LogP contribution >= 0.6 is 15.9 Å². The van der Waals surface area contributed by atoms with Crippen LogP contribution < -0.4 is 0 Å². The van der Waals surface area contributed by atoms with Gasteiger partial charge in [-0.05, 0) is 22.0 Å². The minimum absolute atomic E-state index is 0.0753. The van der Waals surface area contributed by atoms with E-state index in [-0.39, 0.29) is 11.6 Å². The molecule has 0 aliphatic heterocycles. The highest BCUT2D eigenvalue weighted by Crippen LogP contribution is 2.34. The Labute approximate surface area is 92.2 Å². The highest BCUT2D eigenvalue weighted by Gasteiger charge is 2.21. The Balaban J connectivity index is 2.68. The van der Waals surface area contributed by atoms with Crippen LogP contribution in [0.2, 0.25) is 0 Å². The van der Waals surface area contributed by atoms with Gasteiger partial charge in [0, 0.05) is 10.5 Å². The molecular weight excluding hydrogens is 266 g/mol. The van der Waals surface area contributed by atoms with Gasteiger partial charge in [-0.25, -0.2) is 0 Å². The van der Waals surface area contributed by atoms with Gasteiger partial charge < -0.3 is 4.42 Å². The summed E-state index contributed by atoms with van der Waals surface area (Å²) < 4.78 is 5.48. The van der Waals surface area contributed by atoms with Gasteiger partial charge in [-0.3, -0.25) is 10.1 Å². The molecule has 76 valence electrons. The van der Waals surface area contributed by atoms with E-state index in [1.54, 1.807) is 12.1 Å². The Kier molecular flexibility index (Phi) is 2.46. The average Bonchev–Trinajstić information content (AvgIpc) is 2.70. The molecule has 0 N–H and O–H groups in total. The molecule has 6 nitrogen and oxygen atoms in total. The smallest absolute Gasteiger partial charge is 0.283 e. The van der Waals surface area contributed by atoms with Crippen molar-refractivity contribution in [1.29, 1.82) is 0 Å². The predicted molar refractivity (Wildman–Crippen MR) is 54.1 cm³/mol. The lowest BCUT2D eigenvalue weighted by Crippen LogP contribution is -1.92. The summed E-state index contributed by atoms with van der Waals surface area (Å²) >= 11 is 3.20. The normalized spacial score (nSPS) is 10.2. The number of halogens is 1. The minimum atomic E-state index is -0.496. The zero-order valence-corrected chi connectivity index (χ0v) is 8.84. The van der Waals surface area contributed by atoms with Crippen LogP contribution in [-0.4, -0.2) is 15.1 Å². The molecule has 1 heterocycles. The molecule has 0 fully saturated rings. The lowest BCUT2D eigenvalue weighted by atomic mass is 10.2. The molecule has 1 aromatic carbocycles. The molecule has 0 atom stereocenters. The molecular formula is C8H4BrN3O3. The van der Waals surface area contributed by atoms with Gasteiger partial charge in [0.2, 0.25) is 6.39 Å². The van der Waals surface area contributed by atoms with Gasteiger partial charge in [-0.1, -0.05) is 6.07 Å². The molecule has 0 unspecified atom stereocenters. The summed E-state index contributed by atoms with van der Waals surface area (Å²) in [5.41, 5.74) is 0.216. The maximum absolute atomic E-state index is 10.8. The highest BCUT2D eigenvalue weighted by molar-refractivity contribution is 9.10. The van der Waals surface area contributed by atoms with Crippen LogP contribution in [0.1, 0.15) is 0 Å². The van der Waals surface area contributed by atoms with Crippen LogP contribution in [0, 0.1) is 10.1 Å². The molecule has 0 aliphatic rings. The molecule has 2 rings (SSSR count). The van der Waals surface area contributed by atoms with Gasteiger partial charge in [-0.2, -0.15) is 0 Å². The van der Waals surface area contributed by atoms with E-state index in [2.05, 4.69) is 26.1 Å². The predicted octanol–water partition coefficient (Wildman–Crippen LogP) is 2.41. The van der Waals surface area contributed by atoms with Crippen molar-refractivity contribution in [2.75, 3.05) is 0 Å². The lowest BCUT2D eigenvalue weighted by Gasteiger charge is -1.99. The van der Waals surface area contributed by atoms with E-state index >= 15 is 0 Å². The number of hydrogen-bond acceptors (Lipinski definition) is 5.